The monoisotopic (exact) mass is 377 g/mol. The van der Waals surface area contributed by atoms with Crippen LogP contribution in [0.25, 0.3) is 0 Å². The van der Waals surface area contributed by atoms with E-state index >= 15 is 0 Å². The standard InChI is InChI=1S/C19H21ClFN3O2/c1-19(2,3)18(26)23-14-6-4-5-13(10-14)22-11-17(25)24-16-9-12(20)7-8-15(16)21/h4-10,22H,11H2,1-3H3,(H,23,26)(H,24,25). The molecule has 0 bridgehead atoms. The molecule has 7 heteroatoms. The zero-order chi connectivity index (χ0) is 19.3. The van der Waals surface area contributed by atoms with Crippen LogP contribution in [0.1, 0.15) is 20.8 Å². The summed E-state index contributed by atoms with van der Waals surface area (Å²) in [6.45, 7) is 5.40. The van der Waals surface area contributed by atoms with Crippen molar-refractivity contribution in [2.24, 2.45) is 5.41 Å². The minimum atomic E-state index is -0.561. The van der Waals surface area contributed by atoms with Crippen LogP contribution in [-0.2, 0) is 9.59 Å². The first-order chi connectivity index (χ1) is 12.1. The van der Waals surface area contributed by atoms with E-state index in [1.807, 2.05) is 20.8 Å². The lowest BCUT2D eigenvalue weighted by molar-refractivity contribution is -0.123. The highest BCUT2D eigenvalue weighted by Crippen LogP contribution is 2.21. The van der Waals surface area contributed by atoms with Gasteiger partial charge in [0.2, 0.25) is 11.8 Å². The minimum absolute atomic E-state index is 0.0236. The number of benzene rings is 2. The number of halogens is 2. The first-order valence-electron chi connectivity index (χ1n) is 8.05. The Morgan fingerprint density at radius 3 is 2.42 bits per heavy atom. The average Bonchev–Trinajstić information content (AvgIpc) is 2.56. The van der Waals surface area contributed by atoms with Crippen molar-refractivity contribution in [1.29, 1.82) is 0 Å². The molecule has 0 spiro atoms. The molecule has 0 aliphatic carbocycles. The third-order valence-corrected chi connectivity index (χ3v) is 3.69. The molecule has 2 rings (SSSR count). The Kier molecular flexibility index (Phi) is 6.21. The molecule has 0 aromatic heterocycles. The van der Waals surface area contributed by atoms with Crippen molar-refractivity contribution < 1.29 is 14.0 Å². The molecule has 2 aromatic rings. The summed E-state index contributed by atoms with van der Waals surface area (Å²) in [6, 6.07) is 10.9. The fraction of sp³-hybridized carbons (Fsp3) is 0.263. The molecule has 5 nitrogen and oxygen atoms in total. The van der Waals surface area contributed by atoms with Gasteiger partial charge in [0.1, 0.15) is 5.82 Å². The molecule has 0 radical (unpaired) electrons. The smallest absolute Gasteiger partial charge is 0.243 e. The van der Waals surface area contributed by atoms with Crippen molar-refractivity contribution >= 4 is 40.5 Å². The maximum atomic E-state index is 13.6. The highest BCUT2D eigenvalue weighted by Gasteiger charge is 2.21. The van der Waals surface area contributed by atoms with Gasteiger partial charge in [-0.1, -0.05) is 38.4 Å². The number of rotatable bonds is 5. The lowest BCUT2D eigenvalue weighted by Gasteiger charge is -2.18. The molecule has 0 heterocycles. The first kappa shape index (κ1) is 19.7. The average molecular weight is 378 g/mol. The summed E-state index contributed by atoms with van der Waals surface area (Å²) < 4.78 is 13.6. The lowest BCUT2D eigenvalue weighted by atomic mass is 9.95. The molecule has 138 valence electrons. The molecule has 0 unspecified atom stereocenters. The summed E-state index contributed by atoms with van der Waals surface area (Å²) in [5.74, 6) is -1.09. The molecular formula is C19H21ClFN3O2. The van der Waals surface area contributed by atoms with Crippen LogP contribution < -0.4 is 16.0 Å². The largest absolute Gasteiger partial charge is 0.376 e. The van der Waals surface area contributed by atoms with Crippen molar-refractivity contribution in [2.75, 3.05) is 22.5 Å². The molecule has 3 N–H and O–H groups in total. The summed E-state index contributed by atoms with van der Waals surface area (Å²) in [5, 5.41) is 8.54. The van der Waals surface area contributed by atoms with Crippen molar-refractivity contribution in [3.8, 4) is 0 Å². The summed E-state index contributed by atoms with van der Waals surface area (Å²) in [7, 11) is 0. The zero-order valence-corrected chi connectivity index (χ0v) is 15.6. The second-order valence-corrected chi connectivity index (χ2v) is 7.25. The number of hydrogen-bond donors (Lipinski definition) is 3. The zero-order valence-electron chi connectivity index (χ0n) is 14.8. The SMILES string of the molecule is CC(C)(C)C(=O)Nc1cccc(NCC(=O)Nc2cc(Cl)ccc2F)c1. The second kappa shape index (κ2) is 8.19. The van der Waals surface area contributed by atoms with Gasteiger partial charge >= 0.3 is 0 Å². The quantitative estimate of drug-likeness (QED) is 0.717. The van der Waals surface area contributed by atoms with E-state index < -0.39 is 17.1 Å². The summed E-state index contributed by atoms with van der Waals surface area (Å²) in [5.41, 5.74) is 0.787. The molecule has 0 aliphatic heterocycles. The van der Waals surface area contributed by atoms with Crippen LogP contribution in [-0.4, -0.2) is 18.4 Å². The number of nitrogens with one attached hydrogen (secondary N) is 3. The van der Waals surface area contributed by atoms with E-state index in [1.165, 1.54) is 18.2 Å². The minimum Gasteiger partial charge on any atom is -0.376 e. The summed E-state index contributed by atoms with van der Waals surface area (Å²) in [6.07, 6.45) is 0. The Hall–Kier alpha value is -2.60. The Morgan fingerprint density at radius 2 is 1.73 bits per heavy atom. The van der Waals surface area contributed by atoms with Gasteiger partial charge in [0.05, 0.1) is 12.2 Å². The van der Waals surface area contributed by atoms with Gasteiger partial charge < -0.3 is 16.0 Å². The highest BCUT2D eigenvalue weighted by molar-refractivity contribution is 6.30. The van der Waals surface area contributed by atoms with Gasteiger partial charge in [-0.15, -0.1) is 0 Å². The molecule has 0 fully saturated rings. The molecule has 0 saturated heterocycles. The fourth-order valence-electron chi connectivity index (χ4n) is 2.00. The van der Waals surface area contributed by atoms with Crippen molar-refractivity contribution in [2.45, 2.75) is 20.8 Å². The normalized spacial score (nSPS) is 11.0. The topological polar surface area (TPSA) is 70.2 Å². The summed E-state index contributed by atoms with van der Waals surface area (Å²) >= 11 is 5.80. The second-order valence-electron chi connectivity index (χ2n) is 6.81. The van der Waals surface area contributed by atoms with E-state index in [2.05, 4.69) is 16.0 Å². The van der Waals surface area contributed by atoms with E-state index in [0.29, 0.717) is 16.4 Å². The van der Waals surface area contributed by atoms with Crippen LogP contribution in [0.4, 0.5) is 21.5 Å². The molecule has 2 aromatic carbocycles. The predicted octanol–water partition coefficient (Wildman–Crippen LogP) is 4.51. The van der Waals surface area contributed by atoms with Crippen LogP contribution in [0.15, 0.2) is 42.5 Å². The Labute approximate surface area is 156 Å². The number of anilines is 3. The van der Waals surface area contributed by atoms with Gasteiger partial charge in [0.25, 0.3) is 0 Å². The molecule has 0 saturated carbocycles. The van der Waals surface area contributed by atoms with E-state index in [4.69, 9.17) is 11.6 Å². The third kappa shape index (κ3) is 5.74. The van der Waals surface area contributed by atoms with E-state index in [1.54, 1.807) is 24.3 Å². The van der Waals surface area contributed by atoms with Crippen LogP contribution in [0, 0.1) is 11.2 Å². The van der Waals surface area contributed by atoms with Gasteiger partial charge in [0.15, 0.2) is 0 Å². The Bertz CT molecular complexity index is 819. The van der Waals surface area contributed by atoms with Crippen molar-refractivity contribution in [1.82, 2.24) is 0 Å². The van der Waals surface area contributed by atoms with Gasteiger partial charge in [-0.25, -0.2) is 4.39 Å². The molecule has 0 atom stereocenters. The van der Waals surface area contributed by atoms with Crippen molar-refractivity contribution in [3.63, 3.8) is 0 Å². The van der Waals surface area contributed by atoms with Crippen LogP contribution >= 0.6 is 11.6 Å². The molecular weight excluding hydrogens is 357 g/mol. The number of carbonyl (C=O) groups excluding carboxylic acids is 2. The Balaban J connectivity index is 1.95. The summed E-state index contributed by atoms with van der Waals surface area (Å²) in [4.78, 5) is 24.0. The number of carbonyl (C=O) groups is 2. The number of hydrogen-bond acceptors (Lipinski definition) is 3. The van der Waals surface area contributed by atoms with Gasteiger partial charge in [-0.3, -0.25) is 9.59 Å². The van der Waals surface area contributed by atoms with E-state index in [9.17, 15) is 14.0 Å². The molecule has 0 aliphatic rings. The van der Waals surface area contributed by atoms with Crippen LogP contribution in [0.2, 0.25) is 5.02 Å². The predicted molar refractivity (Wildman–Crippen MR) is 103 cm³/mol. The van der Waals surface area contributed by atoms with Gasteiger partial charge in [-0.05, 0) is 36.4 Å². The van der Waals surface area contributed by atoms with Crippen molar-refractivity contribution in [3.05, 3.63) is 53.3 Å². The Morgan fingerprint density at radius 1 is 1.04 bits per heavy atom. The maximum absolute atomic E-state index is 13.6. The highest BCUT2D eigenvalue weighted by atomic mass is 35.5. The maximum Gasteiger partial charge on any atom is 0.243 e. The third-order valence-electron chi connectivity index (χ3n) is 3.46. The first-order valence-corrected chi connectivity index (χ1v) is 8.43. The van der Waals surface area contributed by atoms with Gasteiger partial charge in [0, 0.05) is 21.8 Å². The van der Waals surface area contributed by atoms with Crippen LogP contribution in [0.3, 0.4) is 0 Å². The molecule has 26 heavy (non-hydrogen) atoms. The van der Waals surface area contributed by atoms with E-state index in [-0.39, 0.29) is 18.1 Å². The van der Waals surface area contributed by atoms with Crippen LogP contribution in [0.5, 0.6) is 0 Å². The lowest BCUT2D eigenvalue weighted by Crippen LogP contribution is -2.27. The van der Waals surface area contributed by atoms with Gasteiger partial charge in [-0.2, -0.15) is 0 Å². The number of amides is 2. The molecule has 2 amide bonds. The fourth-order valence-corrected chi connectivity index (χ4v) is 2.17. The van der Waals surface area contributed by atoms with E-state index in [0.717, 1.165) is 0 Å².